The van der Waals surface area contributed by atoms with Crippen molar-refractivity contribution in [2.45, 2.75) is 6.54 Å². The summed E-state index contributed by atoms with van der Waals surface area (Å²) in [5.41, 5.74) is 0.842. The van der Waals surface area contributed by atoms with Crippen LogP contribution in [0.4, 0.5) is 11.6 Å². The fraction of sp³-hybridized carbons (Fsp3) is 0.231. The first-order valence-electron chi connectivity index (χ1n) is 6.14. The fourth-order valence-corrected chi connectivity index (χ4v) is 3.18. The lowest BCUT2D eigenvalue weighted by Crippen LogP contribution is -2.18. The minimum absolute atomic E-state index is 0.750. The maximum absolute atomic E-state index is 5.97. The van der Waals surface area contributed by atoms with Gasteiger partial charge in [-0.05, 0) is 12.1 Å². The molecule has 0 amide bonds. The van der Waals surface area contributed by atoms with Crippen molar-refractivity contribution in [2.75, 3.05) is 24.3 Å². The summed E-state index contributed by atoms with van der Waals surface area (Å²) in [5.74, 6) is 1.65. The minimum Gasteiger partial charge on any atom is -0.372 e. The molecule has 104 valence electrons. The number of rotatable bonds is 4. The van der Waals surface area contributed by atoms with E-state index in [1.807, 2.05) is 43.0 Å². The highest BCUT2D eigenvalue weighted by Crippen LogP contribution is 2.25. The Morgan fingerprint density at radius 1 is 1.45 bits per heavy atom. The smallest absolute Gasteiger partial charge is 0.180 e. The second kappa shape index (κ2) is 5.30. The normalized spacial score (nSPS) is 10.9. The van der Waals surface area contributed by atoms with Crippen molar-refractivity contribution in [1.29, 1.82) is 0 Å². The van der Waals surface area contributed by atoms with Crippen LogP contribution in [-0.2, 0) is 6.54 Å². The zero-order chi connectivity index (χ0) is 14.1. The molecule has 0 saturated heterocycles. The maximum atomic E-state index is 5.97. The Morgan fingerprint density at radius 2 is 2.30 bits per heavy atom. The molecule has 0 atom stereocenters. The highest BCUT2D eigenvalue weighted by atomic mass is 35.5. The number of hydrogen-bond donors (Lipinski definition) is 1. The molecule has 20 heavy (non-hydrogen) atoms. The van der Waals surface area contributed by atoms with Crippen LogP contribution < -0.4 is 10.2 Å². The van der Waals surface area contributed by atoms with Crippen LogP contribution in [0.15, 0.2) is 30.7 Å². The van der Waals surface area contributed by atoms with Crippen LogP contribution in [0, 0.1) is 0 Å². The fourth-order valence-electron chi connectivity index (χ4n) is 2.04. The predicted octanol–water partition coefficient (Wildman–Crippen LogP) is 3.12. The maximum Gasteiger partial charge on any atom is 0.180 e. The van der Waals surface area contributed by atoms with E-state index in [0.717, 1.165) is 28.2 Å². The Balaban J connectivity index is 1.97. The molecule has 3 aromatic heterocycles. The molecule has 5 nitrogen and oxygen atoms in total. The second-order valence-electron chi connectivity index (χ2n) is 4.42. The third kappa shape index (κ3) is 2.44. The number of thiophene rings is 1. The van der Waals surface area contributed by atoms with Crippen LogP contribution in [0.5, 0.6) is 0 Å². The Morgan fingerprint density at radius 3 is 3.00 bits per heavy atom. The number of nitrogens with zero attached hydrogens (tertiary/aromatic N) is 4. The van der Waals surface area contributed by atoms with Gasteiger partial charge in [0.15, 0.2) is 11.5 Å². The number of aromatic nitrogens is 3. The van der Waals surface area contributed by atoms with E-state index in [2.05, 4.69) is 20.2 Å². The first-order chi connectivity index (χ1) is 9.67. The summed E-state index contributed by atoms with van der Waals surface area (Å²) < 4.78 is 2.77. The Labute approximate surface area is 125 Å². The van der Waals surface area contributed by atoms with Crippen molar-refractivity contribution in [3.8, 4) is 0 Å². The Bertz CT molecular complexity index is 735. The summed E-state index contributed by atoms with van der Waals surface area (Å²) in [7, 11) is 3.86. The van der Waals surface area contributed by atoms with Gasteiger partial charge in [0.05, 0.1) is 17.1 Å². The highest BCUT2D eigenvalue weighted by Gasteiger charge is 2.12. The van der Waals surface area contributed by atoms with Crippen molar-refractivity contribution in [1.82, 2.24) is 14.4 Å². The topological polar surface area (TPSA) is 45.5 Å². The number of imidazole rings is 1. The molecule has 7 heteroatoms. The number of anilines is 2. The van der Waals surface area contributed by atoms with Crippen LogP contribution >= 0.6 is 22.9 Å². The molecule has 3 rings (SSSR count). The molecule has 3 heterocycles. The summed E-state index contributed by atoms with van der Waals surface area (Å²) in [4.78, 5) is 12.2. The van der Waals surface area contributed by atoms with Crippen molar-refractivity contribution >= 4 is 40.2 Å². The lowest BCUT2D eigenvalue weighted by Gasteiger charge is -2.18. The van der Waals surface area contributed by atoms with E-state index < -0.39 is 0 Å². The zero-order valence-electron chi connectivity index (χ0n) is 11.2. The van der Waals surface area contributed by atoms with Gasteiger partial charge in [-0.1, -0.05) is 11.6 Å². The molecule has 0 aliphatic heterocycles. The van der Waals surface area contributed by atoms with Gasteiger partial charge in [-0.15, -0.1) is 11.3 Å². The molecule has 0 fully saturated rings. The zero-order valence-corrected chi connectivity index (χ0v) is 12.7. The molecule has 1 N–H and O–H groups in total. The van der Waals surface area contributed by atoms with Gasteiger partial charge in [0.25, 0.3) is 0 Å². The van der Waals surface area contributed by atoms with Gasteiger partial charge in [-0.2, -0.15) is 0 Å². The van der Waals surface area contributed by atoms with Crippen LogP contribution in [0.3, 0.4) is 0 Å². The average molecular weight is 308 g/mol. The summed E-state index contributed by atoms with van der Waals surface area (Å²) in [6.07, 6.45) is 5.61. The molecular formula is C13H14ClN5S. The molecule has 0 aliphatic carbocycles. The molecule has 3 aromatic rings. The number of halogens is 1. The first kappa shape index (κ1) is 13.2. The molecule has 0 radical (unpaired) electrons. The SMILES string of the molecule is CNc1cn2ccnc2c(N(C)Cc2ccc(Cl)s2)n1. The Hall–Kier alpha value is -1.79. The van der Waals surface area contributed by atoms with Crippen molar-refractivity contribution in [3.63, 3.8) is 0 Å². The largest absolute Gasteiger partial charge is 0.372 e. The van der Waals surface area contributed by atoms with Crippen LogP contribution in [0.25, 0.3) is 5.65 Å². The standard InChI is InChI=1S/C13H14ClN5S/c1-15-11-8-19-6-5-16-12(19)13(17-11)18(2)7-9-3-4-10(14)20-9/h3-6,8,15H,7H2,1-2H3. The van der Waals surface area contributed by atoms with E-state index in [4.69, 9.17) is 11.6 Å². The van der Waals surface area contributed by atoms with E-state index in [-0.39, 0.29) is 0 Å². The van der Waals surface area contributed by atoms with Crippen LogP contribution in [-0.4, -0.2) is 28.5 Å². The monoisotopic (exact) mass is 307 g/mol. The van der Waals surface area contributed by atoms with Crippen molar-refractivity contribution in [3.05, 3.63) is 39.9 Å². The second-order valence-corrected chi connectivity index (χ2v) is 6.22. The van der Waals surface area contributed by atoms with Crippen molar-refractivity contribution in [2.24, 2.45) is 0 Å². The summed E-state index contributed by atoms with van der Waals surface area (Å²) in [6, 6.07) is 3.95. The average Bonchev–Trinajstić information content (AvgIpc) is 3.06. The molecule has 0 spiro atoms. The van der Waals surface area contributed by atoms with Gasteiger partial charge in [0, 0.05) is 31.4 Å². The molecule has 0 aliphatic rings. The molecule has 0 unspecified atom stereocenters. The lowest BCUT2D eigenvalue weighted by atomic mass is 10.4. The highest BCUT2D eigenvalue weighted by molar-refractivity contribution is 7.16. The minimum atomic E-state index is 0.750. The van der Waals surface area contributed by atoms with Gasteiger partial charge in [-0.3, -0.25) is 0 Å². The Kier molecular flexibility index (Phi) is 3.50. The first-order valence-corrected chi connectivity index (χ1v) is 7.33. The quantitative estimate of drug-likeness (QED) is 0.804. The van der Waals surface area contributed by atoms with Crippen LogP contribution in [0.2, 0.25) is 4.34 Å². The van der Waals surface area contributed by atoms with Gasteiger partial charge in [0.2, 0.25) is 0 Å². The molecular weight excluding hydrogens is 294 g/mol. The van der Waals surface area contributed by atoms with E-state index in [0.29, 0.717) is 0 Å². The van der Waals surface area contributed by atoms with Gasteiger partial charge >= 0.3 is 0 Å². The lowest BCUT2D eigenvalue weighted by molar-refractivity contribution is 0.906. The van der Waals surface area contributed by atoms with Gasteiger partial charge in [-0.25, -0.2) is 9.97 Å². The van der Waals surface area contributed by atoms with E-state index >= 15 is 0 Å². The summed E-state index contributed by atoms with van der Waals surface area (Å²) >= 11 is 7.55. The van der Waals surface area contributed by atoms with E-state index in [1.54, 1.807) is 17.5 Å². The molecule has 0 aromatic carbocycles. The number of hydrogen-bond acceptors (Lipinski definition) is 5. The summed E-state index contributed by atoms with van der Waals surface area (Å²) in [6.45, 7) is 0.750. The van der Waals surface area contributed by atoms with Crippen LogP contribution in [0.1, 0.15) is 4.88 Å². The number of nitrogens with one attached hydrogen (secondary N) is 1. The van der Waals surface area contributed by atoms with Gasteiger partial charge < -0.3 is 14.6 Å². The van der Waals surface area contributed by atoms with E-state index in [9.17, 15) is 0 Å². The third-order valence-electron chi connectivity index (χ3n) is 3.00. The van der Waals surface area contributed by atoms with E-state index in [1.165, 1.54) is 4.88 Å². The third-order valence-corrected chi connectivity index (χ3v) is 4.21. The summed E-state index contributed by atoms with van der Waals surface area (Å²) in [5, 5.41) is 3.07. The molecule has 0 saturated carbocycles. The molecule has 0 bridgehead atoms. The van der Waals surface area contributed by atoms with Gasteiger partial charge in [0.1, 0.15) is 5.82 Å². The van der Waals surface area contributed by atoms with Crippen molar-refractivity contribution < 1.29 is 0 Å². The number of fused-ring (bicyclic) bond motifs is 1. The predicted molar refractivity (Wildman–Crippen MR) is 84.0 cm³/mol.